The van der Waals surface area contributed by atoms with Gasteiger partial charge in [-0.2, -0.15) is 0 Å². The molecule has 2 bridgehead atoms. The second-order valence-electron chi connectivity index (χ2n) is 5.82. The van der Waals surface area contributed by atoms with Crippen LogP contribution in [-0.4, -0.2) is 12.4 Å². The van der Waals surface area contributed by atoms with Crippen LogP contribution in [0.2, 0.25) is 0 Å². The molecule has 3 rings (SSSR count). The highest BCUT2D eigenvalue weighted by molar-refractivity contribution is 5.33. The monoisotopic (exact) mass is 285 g/mol. The van der Waals surface area contributed by atoms with Gasteiger partial charge in [-0.1, -0.05) is 24.6 Å². The van der Waals surface area contributed by atoms with Crippen LogP contribution in [0.4, 0.5) is 13.2 Å². The molecule has 0 saturated heterocycles. The van der Waals surface area contributed by atoms with Gasteiger partial charge in [0.05, 0.1) is 0 Å². The van der Waals surface area contributed by atoms with Crippen molar-refractivity contribution < 1.29 is 17.9 Å². The normalized spacial score (nSPS) is 28.9. The van der Waals surface area contributed by atoms with E-state index in [4.69, 9.17) is 0 Å². The van der Waals surface area contributed by atoms with Gasteiger partial charge in [-0.3, -0.25) is 0 Å². The van der Waals surface area contributed by atoms with Crippen molar-refractivity contribution in [2.45, 2.75) is 44.6 Å². The summed E-state index contributed by atoms with van der Waals surface area (Å²) in [5.74, 6) is 1.42. The Kier molecular flexibility index (Phi) is 3.63. The third-order valence-electron chi connectivity index (χ3n) is 4.49. The van der Waals surface area contributed by atoms with Gasteiger partial charge >= 0.3 is 6.36 Å². The topological polar surface area (TPSA) is 21.3 Å². The molecular weight excluding hydrogens is 267 g/mol. The molecule has 2 nitrogen and oxygen atoms in total. The Labute approximate surface area is 116 Å². The van der Waals surface area contributed by atoms with Crippen molar-refractivity contribution in [2.75, 3.05) is 0 Å². The van der Waals surface area contributed by atoms with Crippen LogP contribution in [0, 0.1) is 11.8 Å². The van der Waals surface area contributed by atoms with Crippen molar-refractivity contribution in [2.24, 2.45) is 11.8 Å². The molecule has 2 aliphatic carbocycles. The number of hydrogen-bond acceptors (Lipinski definition) is 2. The van der Waals surface area contributed by atoms with E-state index in [9.17, 15) is 13.2 Å². The van der Waals surface area contributed by atoms with Crippen molar-refractivity contribution in [3.63, 3.8) is 0 Å². The first-order valence-electron chi connectivity index (χ1n) is 7.08. The van der Waals surface area contributed by atoms with E-state index >= 15 is 0 Å². The van der Waals surface area contributed by atoms with E-state index in [-0.39, 0.29) is 5.75 Å². The van der Waals surface area contributed by atoms with Crippen LogP contribution in [0.1, 0.15) is 31.2 Å². The van der Waals surface area contributed by atoms with Gasteiger partial charge in [0.25, 0.3) is 0 Å². The molecule has 0 amide bonds. The van der Waals surface area contributed by atoms with E-state index in [0.29, 0.717) is 24.1 Å². The van der Waals surface area contributed by atoms with Crippen LogP contribution in [0.5, 0.6) is 5.75 Å². The maximum Gasteiger partial charge on any atom is 0.573 e. The van der Waals surface area contributed by atoms with E-state index in [1.54, 1.807) is 18.2 Å². The van der Waals surface area contributed by atoms with Crippen LogP contribution >= 0.6 is 0 Å². The second-order valence-corrected chi connectivity index (χ2v) is 5.82. The van der Waals surface area contributed by atoms with E-state index < -0.39 is 6.36 Å². The van der Waals surface area contributed by atoms with Crippen molar-refractivity contribution in [1.82, 2.24) is 5.32 Å². The predicted octanol–water partition coefficient (Wildman–Crippen LogP) is 3.86. The lowest BCUT2D eigenvalue weighted by Crippen LogP contribution is -2.33. The van der Waals surface area contributed by atoms with Crippen LogP contribution in [0.3, 0.4) is 0 Å². The number of hydrogen-bond donors (Lipinski definition) is 1. The molecule has 2 saturated carbocycles. The molecule has 0 aromatic heterocycles. The number of para-hydroxylation sites is 1. The van der Waals surface area contributed by atoms with Gasteiger partial charge in [0, 0.05) is 18.2 Å². The summed E-state index contributed by atoms with van der Waals surface area (Å²) in [6.07, 6.45) is 0.369. The predicted molar refractivity (Wildman–Crippen MR) is 69.2 cm³/mol. The standard InChI is InChI=1S/C15H18F3NO/c16-15(17,18)20-14-4-2-1-3-12(14)9-19-13-8-10-5-6-11(13)7-10/h1-4,10-11,13,19H,5-9H2. The zero-order valence-corrected chi connectivity index (χ0v) is 11.1. The molecule has 110 valence electrons. The molecule has 5 heteroatoms. The van der Waals surface area contributed by atoms with Gasteiger partial charge in [0.2, 0.25) is 0 Å². The maximum absolute atomic E-state index is 12.3. The number of benzene rings is 1. The Balaban J connectivity index is 1.62. The molecule has 3 unspecified atom stereocenters. The average molecular weight is 285 g/mol. The Morgan fingerprint density at radius 2 is 1.95 bits per heavy atom. The van der Waals surface area contributed by atoms with Gasteiger partial charge in [-0.25, -0.2) is 0 Å². The van der Waals surface area contributed by atoms with Gasteiger partial charge in [-0.15, -0.1) is 13.2 Å². The maximum atomic E-state index is 12.3. The zero-order chi connectivity index (χ0) is 14.2. The number of rotatable bonds is 4. The molecule has 20 heavy (non-hydrogen) atoms. The molecule has 1 aromatic carbocycles. The van der Waals surface area contributed by atoms with Gasteiger partial charge in [0.15, 0.2) is 0 Å². The van der Waals surface area contributed by atoms with E-state index in [2.05, 4.69) is 10.1 Å². The van der Waals surface area contributed by atoms with Gasteiger partial charge in [-0.05, 0) is 37.2 Å². The highest BCUT2D eigenvalue weighted by Gasteiger charge is 2.39. The SMILES string of the molecule is FC(F)(F)Oc1ccccc1CNC1CC2CCC1C2. The quantitative estimate of drug-likeness (QED) is 0.907. The summed E-state index contributed by atoms with van der Waals surface area (Å²) in [5, 5.41) is 3.41. The van der Waals surface area contributed by atoms with Crippen molar-refractivity contribution in [1.29, 1.82) is 0 Å². The van der Waals surface area contributed by atoms with E-state index in [1.807, 2.05) is 0 Å². The second kappa shape index (κ2) is 5.28. The fourth-order valence-electron chi connectivity index (χ4n) is 3.61. The van der Waals surface area contributed by atoms with Crippen LogP contribution in [0.15, 0.2) is 24.3 Å². The third-order valence-corrected chi connectivity index (χ3v) is 4.49. The molecule has 2 aliphatic rings. The summed E-state index contributed by atoms with van der Waals surface area (Å²) >= 11 is 0. The Morgan fingerprint density at radius 1 is 1.15 bits per heavy atom. The molecule has 1 N–H and O–H groups in total. The lowest BCUT2D eigenvalue weighted by atomic mass is 9.95. The van der Waals surface area contributed by atoms with Crippen molar-refractivity contribution in [3.8, 4) is 5.75 Å². The van der Waals surface area contributed by atoms with Gasteiger partial charge in [0.1, 0.15) is 5.75 Å². The molecule has 0 radical (unpaired) electrons. The Morgan fingerprint density at radius 3 is 2.60 bits per heavy atom. The van der Waals surface area contributed by atoms with E-state index in [1.165, 1.54) is 25.3 Å². The summed E-state index contributed by atoms with van der Waals surface area (Å²) < 4.78 is 41.1. The average Bonchev–Trinajstić information content (AvgIpc) is 2.98. The van der Waals surface area contributed by atoms with Crippen LogP contribution in [0.25, 0.3) is 0 Å². The van der Waals surface area contributed by atoms with E-state index in [0.717, 1.165) is 12.3 Å². The Bertz CT molecular complexity index is 474. The molecule has 0 spiro atoms. The largest absolute Gasteiger partial charge is 0.573 e. The fraction of sp³-hybridized carbons (Fsp3) is 0.600. The highest BCUT2D eigenvalue weighted by Crippen LogP contribution is 2.44. The highest BCUT2D eigenvalue weighted by atomic mass is 19.4. The summed E-state index contributed by atoms with van der Waals surface area (Å²) in [7, 11) is 0. The number of nitrogens with one attached hydrogen (secondary N) is 1. The lowest BCUT2D eigenvalue weighted by Gasteiger charge is -2.23. The minimum Gasteiger partial charge on any atom is -0.405 e. The first-order chi connectivity index (χ1) is 9.51. The molecule has 0 heterocycles. The Hall–Kier alpha value is -1.23. The first kappa shape index (κ1) is 13.7. The van der Waals surface area contributed by atoms with Crippen LogP contribution in [-0.2, 0) is 6.54 Å². The zero-order valence-electron chi connectivity index (χ0n) is 11.1. The van der Waals surface area contributed by atoms with Crippen molar-refractivity contribution >= 4 is 0 Å². The smallest absolute Gasteiger partial charge is 0.405 e. The fourth-order valence-corrected chi connectivity index (χ4v) is 3.61. The lowest BCUT2D eigenvalue weighted by molar-refractivity contribution is -0.274. The van der Waals surface area contributed by atoms with Crippen LogP contribution < -0.4 is 10.1 Å². The van der Waals surface area contributed by atoms with Gasteiger partial charge < -0.3 is 10.1 Å². The summed E-state index contributed by atoms with van der Waals surface area (Å²) in [6.45, 7) is 0.431. The summed E-state index contributed by atoms with van der Waals surface area (Å²) in [5.41, 5.74) is 0.563. The summed E-state index contributed by atoms with van der Waals surface area (Å²) in [4.78, 5) is 0. The third kappa shape index (κ3) is 3.08. The number of halogens is 3. The first-order valence-corrected chi connectivity index (χ1v) is 7.08. The number of fused-ring (bicyclic) bond motifs is 2. The molecule has 3 atom stereocenters. The summed E-state index contributed by atoms with van der Waals surface area (Å²) in [6, 6.07) is 6.79. The molecule has 0 aliphatic heterocycles. The molecular formula is C15H18F3NO. The number of alkyl halides is 3. The molecule has 1 aromatic rings. The number of ether oxygens (including phenoxy) is 1. The molecule has 2 fully saturated rings. The minimum atomic E-state index is -4.64. The minimum absolute atomic E-state index is 0.101. The van der Waals surface area contributed by atoms with Crippen molar-refractivity contribution in [3.05, 3.63) is 29.8 Å².